The first-order valence-electron chi connectivity index (χ1n) is 5.80. The van der Waals surface area contributed by atoms with E-state index in [1.54, 1.807) is 18.3 Å². The molecule has 1 heterocycles. The number of carboxylic acid groups (broad SMARTS) is 1. The topological polar surface area (TPSA) is 88.8 Å². The molecule has 6 nitrogen and oxygen atoms in total. The zero-order valence-electron chi connectivity index (χ0n) is 10.0. The fourth-order valence-electron chi connectivity index (χ4n) is 1.45. The lowest BCUT2D eigenvalue weighted by molar-refractivity contribution is -0.137. The number of aryl methyl sites for hydroxylation is 1. The zero-order valence-corrected chi connectivity index (χ0v) is 10.0. The summed E-state index contributed by atoms with van der Waals surface area (Å²) in [5, 5.41) is 17.1. The molecule has 1 aromatic heterocycles. The van der Waals surface area contributed by atoms with Gasteiger partial charge in [0.05, 0.1) is 6.61 Å². The molecule has 0 spiro atoms. The van der Waals surface area contributed by atoms with Gasteiger partial charge in [-0.3, -0.25) is 9.59 Å². The fourth-order valence-corrected chi connectivity index (χ4v) is 1.45. The first-order valence-corrected chi connectivity index (χ1v) is 5.80. The number of aliphatic hydroxyl groups is 1. The Balaban J connectivity index is 2.60. The van der Waals surface area contributed by atoms with Crippen LogP contribution in [0, 0.1) is 0 Å². The minimum atomic E-state index is -0.876. The van der Waals surface area contributed by atoms with Crippen LogP contribution in [0.3, 0.4) is 0 Å². The van der Waals surface area contributed by atoms with Crippen molar-refractivity contribution in [2.45, 2.75) is 25.8 Å². The number of ether oxygens (including phenoxy) is 1. The number of hydrogen-bond acceptors (Lipinski definition) is 4. The van der Waals surface area contributed by atoms with Gasteiger partial charge in [-0.25, -0.2) is 0 Å². The highest BCUT2D eigenvalue weighted by Gasteiger charge is 2.04. The molecule has 6 heteroatoms. The van der Waals surface area contributed by atoms with Crippen molar-refractivity contribution in [1.82, 2.24) is 4.57 Å². The van der Waals surface area contributed by atoms with E-state index in [1.807, 2.05) is 0 Å². The van der Waals surface area contributed by atoms with E-state index in [-0.39, 0.29) is 30.9 Å². The lowest BCUT2D eigenvalue weighted by Gasteiger charge is -2.08. The predicted molar refractivity (Wildman–Crippen MR) is 64.8 cm³/mol. The van der Waals surface area contributed by atoms with Gasteiger partial charge in [-0.1, -0.05) is 0 Å². The first-order chi connectivity index (χ1) is 8.65. The van der Waals surface area contributed by atoms with Crippen molar-refractivity contribution in [2.24, 2.45) is 0 Å². The molecular weight excluding hydrogens is 238 g/mol. The molecule has 0 aliphatic carbocycles. The minimum absolute atomic E-state index is 0.0135. The highest BCUT2D eigenvalue weighted by atomic mass is 16.5. The van der Waals surface area contributed by atoms with E-state index in [9.17, 15) is 9.59 Å². The van der Waals surface area contributed by atoms with Crippen molar-refractivity contribution >= 4 is 5.97 Å². The Labute approximate surface area is 104 Å². The number of aliphatic carboxylic acids is 1. The summed E-state index contributed by atoms with van der Waals surface area (Å²) >= 11 is 0. The average Bonchev–Trinajstić information content (AvgIpc) is 2.33. The van der Waals surface area contributed by atoms with E-state index >= 15 is 0 Å². The molecule has 0 unspecified atom stereocenters. The Hall–Kier alpha value is -1.82. The van der Waals surface area contributed by atoms with Gasteiger partial charge in [0.1, 0.15) is 0 Å². The first kappa shape index (κ1) is 14.2. The number of aliphatic hydroxyl groups excluding tert-OH is 1. The molecule has 1 aromatic rings. The summed E-state index contributed by atoms with van der Waals surface area (Å²) in [4.78, 5) is 22.2. The predicted octanol–water partition coefficient (Wildman–Crippen LogP) is 0.474. The van der Waals surface area contributed by atoms with Crippen LogP contribution < -0.4 is 10.3 Å². The van der Waals surface area contributed by atoms with Crippen LogP contribution in [-0.4, -0.2) is 34.0 Å². The van der Waals surface area contributed by atoms with Gasteiger partial charge >= 0.3 is 5.97 Å². The van der Waals surface area contributed by atoms with Gasteiger partial charge in [0.15, 0.2) is 5.75 Å². The molecule has 18 heavy (non-hydrogen) atoms. The molecule has 1 rings (SSSR count). The van der Waals surface area contributed by atoms with Gasteiger partial charge in [-0.2, -0.15) is 0 Å². The Kier molecular flexibility index (Phi) is 5.93. The molecule has 0 bridgehead atoms. The summed E-state index contributed by atoms with van der Waals surface area (Å²) in [5.74, 6) is -0.653. The fraction of sp³-hybridized carbons (Fsp3) is 0.500. The van der Waals surface area contributed by atoms with Crippen molar-refractivity contribution in [1.29, 1.82) is 0 Å². The summed E-state index contributed by atoms with van der Waals surface area (Å²) < 4.78 is 6.66. The van der Waals surface area contributed by atoms with E-state index in [0.717, 1.165) is 0 Å². The summed E-state index contributed by atoms with van der Waals surface area (Å²) in [6.45, 7) is 0.646. The highest BCUT2D eigenvalue weighted by Crippen LogP contribution is 2.03. The molecule has 0 atom stereocenters. The van der Waals surface area contributed by atoms with E-state index < -0.39 is 5.97 Å². The molecule has 0 aromatic carbocycles. The van der Waals surface area contributed by atoms with Gasteiger partial charge < -0.3 is 19.5 Å². The molecule has 0 saturated carbocycles. The number of rotatable bonds is 8. The smallest absolute Gasteiger partial charge is 0.303 e. The number of aromatic nitrogens is 1. The normalized spacial score (nSPS) is 10.3. The number of hydrogen-bond donors (Lipinski definition) is 2. The highest BCUT2D eigenvalue weighted by molar-refractivity contribution is 5.66. The van der Waals surface area contributed by atoms with Crippen LogP contribution in [0.15, 0.2) is 23.1 Å². The molecule has 0 aliphatic rings. The second kappa shape index (κ2) is 7.50. The maximum atomic E-state index is 11.9. The number of nitrogens with zero attached hydrogens (tertiary/aromatic N) is 1. The van der Waals surface area contributed by atoms with Gasteiger partial charge in [0, 0.05) is 32.2 Å². The molecule has 0 amide bonds. The van der Waals surface area contributed by atoms with Crippen LogP contribution in [0.1, 0.15) is 19.3 Å². The van der Waals surface area contributed by atoms with Gasteiger partial charge in [0.25, 0.3) is 5.56 Å². The summed E-state index contributed by atoms with van der Waals surface area (Å²) in [5.41, 5.74) is -0.277. The summed E-state index contributed by atoms with van der Waals surface area (Å²) in [6.07, 6.45) is 2.49. The molecule has 2 N–H and O–H groups in total. The molecular formula is C12H17NO5. The van der Waals surface area contributed by atoms with E-state index in [0.29, 0.717) is 19.4 Å². The van der Waals surface area contributed by atoms with Crippen molar-refractivity contribution in [3.05, 3.63) is 28.7 Å². The molecule has 100 valence electrons. The largest absolute Gasteiger partial charge is 0.488 e. The van der Waals surface area contributed by atoms with Crippen molar-refractivity contribution in [3.8, 4) is 5.75 Å². The van der Waals surface area contributed by atoms with Crippen LogP contribution >= 0.6 is 0 Å². The monoisotopic (exact) mass is 255 g/mol. The Morgan fingerprint density at radius 1 is 1.39 bits per heavy atom. The van der Waals surface area contributed by atoms with Crippen LogP contribution in [0.25, 0.3) is 0 Å². The zero-order chi connectivity index (χ0) is 13.4. The molecule has 0 saturated heterocycles. The maximum absolute atomic E-state index is 11.9. The SMILES string of the molecule is O=C(O)CCCn1cccc(OCCCO)c1=O. The van der Waals surface area contributed by atoms with Crippen molar-refractivity contribution in [2.75, 3.05) is 13.2 Å². The maximum Gasteiger partial charge on any atom is 0.303 e. The van der Waals surface area contributed by atoms with Crippen LogP contribution in [0.5, 0.6) is 5.75 Å². The van der Waals surface area contributed by atoms with Gasteiger partial charge in [-0.15, -0.1) is 0 Å². The third-order valence-corrected chi connectivity index (χ3v) is 2.33. The number of carbonyl (C=O) groups is 1. The van der Waals surface area contributed by atoms with Gasteiger partial charge in [-0.05, 0) is 18.6 Å². The Morgan fingerprint density at radius 3 is 2.83 bits per heavy atom. The Bertz CT molecular complexity index is 440. The van der Waals surface area contributed by atoms with Crippen LogP contribution in [0.2, 0.25) is 0 Å². The second-order valence-electron chi connectivity index (χ2n) is 3.79. The molecule has 0 fully saturated rings. The summed E-state index contributed by atoms with van der Waals surface area (Å²) in [6, 6.07) is 3.24. The lowest BCUT2D eigenvalue weighted by atomic mass is 10.3. The Morgan fingerprint density at radius 2 is 2.17 bits per heavy atom. The third kappa shape index (κ3) is 4.58. The van der Waals surface area contributed by atoms with Crippen molar-refractivity contribution in [3.63, 3.8) is 0 Å². The quantitative estimate of drug-likeness (QED) is 0.659. The number of pyridine rings is 1. The summed E-state index contributed by atoms with van der Waals surface area (Å²) in [7, 11) is 0. The van der Waals surface area contributed by atoms with Crippen molar-refractivity contribution < 1.29 is 19.7 Å². The standard InChI is InChI=1S/C12H17NO5/c14-8-3-9-18-10-4-1-6-13(12(10)17)7-2-5-11(15)16/h1,4,6,14H,2-3,5,7-9H2,(H,15,16). The van der Waals surface area contributed by atoms with Gasteiger partial charge in [0.2, 0.25) is 0 Å². The minimum Gasteiger partial charge on any atom is -0.488 e. The number of carboxylic acids is 1. The average molecular weight is 255 g/mol. The van der Waals surface area contributed by atoms with E-state index in [4.69, 9.17) is 14.9 Å². The van der Waals surface area contributed by atoms with E-state index in [1.165, 1.54) is 4.57 Å². The third-order valence-electron chi connectivity index (χ3n) is 2.33. The van der Waals surface area contributed by atoms with Crippen LogP contribution in [-0.2, 0) is 11.3 Å². The lowest BCUT2D eigenvalue weighted by Crippen LogP contribution is -2.22. The van der Waals surface area contributed by atoms with E-state index in [2.05, 4.69) is 0 Å². The molecule has 0 aliphatic heterocycles. The molecule has 0 radical (unpaired) electrons. The van der Waals surface area contributed by atoms with Crippen LogP contribution in [0.4, 0.5) is 0 Å². The second-order valence-corrected chi connectivity index (χ2v) is 3.79.